The molecule has 0 bridgehead atoms. The monoisotopic (exact) mass is 233 g/mol. The van der Waals surface area contributed by atoms with Crippen LogP contribution in [0.3, 0.4) is 0 Å². The molecule has 0 aliphatic heterocycles. The number of carbonyl (C=O) groups is 1. The molecule has 0 atom stereocenters. The number of carboxylic acids is 1. The molecule has 0 aliphatic carbocycles. The zero-order chi connectivity index (χ0) is 12.8. The van der Waals surface area contributed by atoms with E-state index in [1.807, 2.05) is 19.9 Å². The number of aryl methyl sites for hydroxylation is 1. The fourth-order valence-corrected chi connectivity index (χ4v) is 1.56. The van der Waals surface area contributed by atoms with Crippen LogP contribution >= 0.6 is 0 Å². The van der Waals surface area contributed by atoms with Gasteiger partial charge in [0.1, 0.15) is 18.4 Å². The third kappa shape index (κ3) is 3.45. The molecular weight excluding hydrogens is 218 g/mol. The topological polar surface area (TPSA) is 77.2 Å². The molecule has 5 nitrogen and oxygen atoms in total. The van der Waals surface area contributed by atoms with Crippen LogP contribution in [0.25, 0.3) is 0 Å². The molecule has 1 N–H and O–H groups in total. The maximum Gasteiger partial charge on any atom is 0.323 e. The second-order valence-corrected chi connectivity index (χ2v) is 3.75. The first kappa shape index (κ1) is 13.0. The third-order valence-electron chi connectivity index (χ3n) is 2.25. The highest BCUT2D eigenvalue weighted by Crippen LogP contribution is 2.17. The first-order valence-corrected chi connectivity index (χ1v) is 5.43. The average molecular weight is 233 g/mol. The third-order valence-corrected chi connectivity index (χ3v) is 2.25. The van der Waals surface area contributed by atoms with Gasteiger partial charge in [0.15, 0.2) is 0 Å². The SMILES string of the molecule is CCCN(CC(=O)O)c1nc(C)ccc1C#N. The van der Waals surface area contributed by atoms with Crippen molar-refractivity contribution in [1.82, 2.24) is 4.98 Å². The van der Waals surface area contributed by atoms with Gasteiger partial charge >= 0.3 is 5.97 Å². The smallest absolute Gasteiger partial charge is 0.323 e. The van der Waals surface area contributed by atoms with E-state index in [0.717, 1.165) is 12.1 Å². The summed E-state index contributed by atoms with van der Waals surface area (Å²) >= 11 is 0. The highest BCUT2D eigenvalue weighted by molar-refractivity contribution is 5.74. The average Bonchev–Trinajstić information content (AvgIpc) is 2.28. The summed E-state index contributed by atoms with van der Waals surface area (Å²) in [7, 11) is 0. The zero-order valence-electron chi connectivity index (χ0n) is 9.97. The Bertz CT molecular complexity index is 452. The summed E-state index contributed by atoms with van der Waals surface area (Å²) in [6.45, 7) is 4.20. The van der Waals surface area contributed by atoms with E-state index >= 15 is 0 Å². The van der Waals surface area contributed by atoms with E-state index < -0.39 is 5.97 Å². The van der Waals surface area contributed by atoms with Crippen molar-refractivity contribution in [3.05, 3.63) is 23.4 Å². The molecule has 1 aromatic rings. The second kappa shape index (κ2) is 5.85. The van der Waals surface area contributed by atoms with Crippen LogP contribution in [0.5, 0.6) is 0 Å². The van der Waals surface area contributed by atoms with Crippen LogP contribution in [0.15, 0.2) is 12.1 Å². The first-order valence-electron chi connectivity index (χ1n) is 5.43. The highest BCUT2D eigenvalue weighted by atomic mass is 16.4. The molecule has 5 heteroatoms. The van der Waals surface area contributed by atoms with Crippen molar-refractivity contribution < 1.29 is 9.90 Å². The molecule has 0 aromatic carbocycles. The van der Waals surface area contributed by atoms with E-state index in [1.165, 1.54) is 0 Å². The van der Waals surface area contributed by atoms with Gasteiger partial charge in [0.05, 0.1) is 5.56 Å². The Morgan fingerprint density at radius 1 is 1.59 bits per heavy atom. The summed E-state index contributed by atoms with van der Waals surface area (Å²) in [5.74, 6) is -0.470. The molecule has 1 aromatic heterocycles. The van der Waals surface area contributed by atoms with Crippen molar-refractivity contribution in [2.24, 2.45) is 0 Å². The van der Waals surface area contributed by atoms with Crippen LogP contribution in [-0.4, -0.2) is 29.1 Å². The van der Waals surface area contributed by atoms with Gasteiger partial charge in [0, 0.05) is 12.2 Å². The molecule has 1 heterocycles. The number of pyridine rings is 1. The predicted molar refractivity (Wildman–Crippen MR) is 63.8 cm³/mol. The van der Waals surface area contributed by atoms with E-state index in [2.05, 4.69) is 4.98 Å². The van der Waals surface area contributed by atoms with E-state index in [1.54, 1.807) is 17.0 Å². The zero-order valence-corrected chi connectivity index (χ0v) is 9.97. The Morgan fingerprint density at radius 2 is 2.29 bits per heavy atom. The molecule has 0 amide bonds. The van der Waals surface area contributed by atoms with E-state index in [9.17, 15) is 4.79 Å². The summed E-state index contributed by atoms with van der Waals surface area (Å²) in [4.78, 5) is 16.7. The molecule has 0 unspecified atom stereocenters. The highest BCUT2D eigenvalue weighted by Gasteiger charge is 2.15. The van der Waals surface area contributed by atoms with Crippen molar-refractivity contribution in [3.63, 3.8) is 0 Å². The van der Waals surface area contributed by atoms with Crippen molar-refractivity contribution in [2.45, 2.75) is 20.3 Å². The summed E-state index contributed by atoms with van der Waals surface area (Å²) in [6, 6.07) is 5.45. The van der Waals surface area contributed by atoms with Gasteiger partial charge < -0.3 is 10.0 Å². The van der Waals surface area contributed by atoms with Gasteiger partial charge in [-0.2, -0.15) is 5.26 Å². The number of anilines is 1. The summed E-state index contributed by atoms with van der Waals surface area (Å²) in [5, 5.41) is 17.8. The van der Waals surface area contributed by atoms with Gasteiger partial charge in [0.25, 0.3) is 0 Å². The number of aromatic nitrogens is 1. The fraction of sp³-hybridized carbons (Fsp3) is 0.417. The van der Waals surface area contributed by atoms with Crippen molar-refractivity contribution in [2.75, 3.05) is 18.0 Å². The van der Waals surface area contributed by atoms with Crippen LogP contribution in [0.4, 0.5) is 5.82 Å². The number of hydrogen-bond acceptors (Lipinski definition) is 4. The van der Waals surface area contributed by atoms with Gasteiger partial charge in [0.2, 0.25) is 0 Å². The van der Waals surface area contributed by atoms with E-state index in [0.29, 0.717) is 17.9 Å². The van der Waals surface area contributed by atoms with Gasteiger partial charge in [-0.25, -0.2) is 4.98 Å². The van der Waals surface area contributed by atoms with Crippen LogP contribution in [0, 0.1) is 18.3 Å². The Balaban J connectivity index is 3.12. The van der Waals surface area contributed by atoms with Crippen molar-refractivity contribution in [1.29, 1.82) is 5.26 Å². The van der Waals surface area contributed by atoms with Gasteiger partial charge in [-0.05, 0) is 25.5 Å². The number of carboxylic acid groups (broad SMARTS) is 1. The number of rotatable bonds is 5. The molecule has 90 valence electrons. The summed E-state index contributed by atoms with van der Waals surface area (Å²) in [6.07, 6.45) is 0.799. The molecule has 0 saturated heterocycles. The Hall–Kier alpha value is -2.09. The lowest BCUT2D eigenvalue weighted by atomic mass is 10.2. The van der Waals surface area contributed by atoms with Crippen molar-refractivity contribution >= 4 is 11.8 Å². The van der Waals surface area contributed by atoms with Gasteiger partial charge in [-0.3, -0.25) is 4.79 Å². The molecule has 17 heavy (non-hydrogen) atoms. The van der Waals surface area contributed by atoms with Crippen molar-refractivity contribution in [3.8, 4) is 6.07 Å². The minimum Gasteiger partial charge on any atom is -0.480 e. The molecule has 0 aliphatic rings. The molecule has 1 rings (SSSR count). The first-order chi connectivity index (χ1) is 8.08. The quantitative estimate of drug-likeness (QED) is 0.835. The lowest BCUT2D eigenvalue weighted by molar-refractivity contribution is -0.135. The molecular formula is C12H15N3O2. The minimum atomic E-state index is -0.925. The summed E-state index contributed by atoms with van der Waals surface area (Å²) in [5.41, 5.74) is 1.18. The molecule has 0 radical (unpaired) electrons. The van der Waals surface area contributed by atoms with Crippen LogP contribution in [-0.2, 0) is 4.79 Å². The molecule has 0 saturated carbocycles. The standard InChI is InChI=1S/C12H15N3O2/c1-3-6-15(8-11(16)17)12-10(7-13)5-4-9(2)14-12/h4-5H,3,6,8H2,1-2H3,(H,16,17). The van der Waals surface area contributed by atoms with Gasteiger partial charge in [-0.15, -0.1) is 0 Å². The molecule has 0 spiro atoms. The summed E-state index contributed by atoms with van der Waals surface area (Å²) < 4.78 is 0. The lowest BCUT2D eigenvalue weighted by Gasteiger charge is -2.22. The molecule has 0 fully saturated rings. The largest absolute Gasteiger partial charge is 0.480 e. The Kier molecular flexibility index (Phi) is 4.46. The fourth-order valence-electron chi connectivity index (χ4n) is 1.56. The van der Waals surface area contributed by atoms with Crippen LogP contribution in [0.2, 0.25) is 0 Å². The predicted octanol–water partition coefficient (Wildman–Crippen LogP) is 1.56. The Morgan fingerprint density at radius 3 is 2.82 bits per heavy atom. The number of aliphatic carboxylic acids is 1. The number of hydrogen-bond donors (Lipinski definition) is 1. The number of nitrogens with zero attached hydrogens (tertiary/aromatic N) is 3. The maximum absolute atomic E-state index is 10.8. The van der Waals surface area contributed by atoms with Crippen LogP contribution < -0.4 is 4.90 Å². The number of nitriles is 1. The van der Waals surface area contributed by atoms with E-state index in [4.69, 9.17) is 10.4 Å². The normalized spacial score (nSPS) is 9.71. The maximum atomic E-state index is 10.8. The van der Waals surface area contributed by atoms with Crippen LogP contribution in [0.1, 0.15) is 24.6 Å². The Labute approximate surface area is 100 Å². The van der Waals surface area contributed by atoms with Gasteiger partial charge in [-0.1, -0.05) is 6.92 Å². The minimum absolute atomic E-state index is 0.140. The lowest BCUT2D eigenvalue weighted by Crippen LogP contribution is -2.31. The second-order valence-electron chi connectivity index (χ2n) is 3.75. The van der Waals surface area contributed by atoms with E-state index in [-0.39, 0.29) is 6.54 Å².